The summed E-state index contributed by atoms with van der Waals surface area (Å²) in [5, 5.41) is 0. The first-order chi connectivity index (χ1) is 10.00. The van der Waals surface area contributed by atoms with Crippen LogP contribution in [0.25, 0.3) is 0 Å². The second-order valence-electron chi connectivity index (χ2n) is 6.90. The van der Waals surface area contributed by atoms with Crippen molar-refractivity contribution < 1.29 is 14.3 Å². The molecule has 1 saturated heterocycles. The Morgan fingerprint density at radius 2 is 1.71 bits per heavy atom. The molecule has 0 aromatic rings. The van der Waals surface area contributed by atoms with Crippen molar-refractivity contribution in [3.05, 3.63) is 0 Å². The van der Waals surface area contributed by atoms with Crippen molar-refractivity contribution in [2.24, 2.45) is 5.41 Å². The van der Waals surface area contributed by atoms with Gasteiger partial charge in [0, 0.05) is 44.7 Å². The van der Waals surface area contributed by atoms with Crippen LogP contribution in [0.1, 0.15) is 52.9 Å². The van der Waals surface area contributed by atoms with Gasteiger partial charge in [0.2, 0.25) is 0 Å². The number of morpholine rings is 1. The van der Waals surface area contributed by atoms with Crippen molar-refractivity contribution in [2.75, 3.05) is 46.1 Å². The molecule has 21 heavy (non-hydrogen) atoms. The first-order valence-electron chi connectivity index (χ1n) is 8.41. The van der Waals surface area contributed by atoms with E-state index in [0.717, 1.165) is 71.7 Å². The Morgan fingerprint density at radius 1 is 1.05 bits per heavy atom. The fourth-order valence-electron chi connectivity index (χ4n) is 2.36. The molecule has 4 heteroatoms. The first kappa shape index (κ1) is 18.6. The highest BCUT2D eigenvalue weighted by atomic mass is 16.5. The number of unbranched alkanes of at least 4 members (excludes halogenated alkanes) is 2. The zero-order valence-corrected chi connectivity index (χ0v) is 14.2. The van der Waals surface area contributed by atoms with E-state index in [1.54, 1.807) is 0 Å². The van der Waals surface area contributed by atoms with Crippen LogP contribution < -0.4 is 0 Å². The van der Waals surface area contributed by atoms with Gasteiger partial charge in [-0.25, -0.2) is 0 Å². The number of hydrogen-bond acceptors (Lipinski definition) is 4. The molecule has 0 N–H and O–H groups in total. The van der Waals surface area contributed by atoms with Gasteiger partial charge >= 0.3 is 0 Å². The lowest BCUT2D eigenvalue weighted by molar-refractivity contribution is -0.126. The largest absolute Gasteiger partial charge is 0.381 e. The summed E-state index contributed by atoms with van der Waals surface area (Å²) in [6.07, 6.45) is 4.95. The van der Waals surface area contributed by atoms with Crippen LogP contribution in [0.4, 0.5) is 0 Å². The van der Waals surface area contributed by atoms with Gasteiger partial charge in [-0.15, -0.1) is 0 Å². The molecule has 0 unspecified atom stereocenters. The van der Waals surface area contributed by atoms with Crippen molar-refractivity contribution in [3.63, 3.8) is 0 Å². The van der Waals surface area contributed by atoms with Crippen molar-refractivity contribution in [3.8, 4) is 0 Å². The van der Waals surface area contributed by atoms with E-state index in [9.17, 15) is 4.79 Å². The van der Waals surface area contributed by atoms with E-state index in [0.29, 0.717) is 12.2 Å². The van der Waals surface area contributed by atoms with E-state index in [1.165, 1.54) is 0 Å². The highest BCUT2D eigenvalue weighted by Crippen LogP contribution is 2.18. The number of ether oxygens (including phenoxy) is 2. The van der Waals surface area contributed by atoms with E-state index in [-0.39, 0.29) is 5.41 Å². The number of ketones is 1. The summed E-state index contributed by atoms with van der Waals surface area (Å²) in [4.78, 5) is 14.2. The van der Waals surface area contributed by atoms with Gasteiger partial charge < -0.3 is 9.47 Å². The van der Waals surface area contributed by atoms with E-state index < -0.39 is 0 Å². The molecule has 124 valence electrons. The average molecular weight is 299 g/mol. The minimum Gasteiger partial charge on any atom is -0.381 e. The third-order valence-electron chi connectivity index (χ3n) is 3.90. The topological polar surface area (TPSA) is 38.8 Å². The van der Waals surface area contributed by atoms with Crippen molar-refractivity contribution >= 4 is 5.78 Å². The molecular formula is C17H33NO3. The number of hydrogen-bond donors (Lipinski definition) is 0. The number of carbonyl (C=O) groups excluding carboxylic acids is 1. The molecule has 1 fully saturated rings. The molecule has 1 aliphatic heterocycles. The summed E-state index contributed by atoms with van der Waals surface area (Å²) < 4.78 is 11.0. The first-order valence-corrected chi connectivity index (χ1v) is 8.41. The normalized spacial score (nSPS) is 17.1. The van der Waals surface area contributed by atoms with Gasteiger partial charge in [0.15, 0.2) is 0 Å². The maximum Gasteiger partial charge on any atom is 0.138 e. The van der Waals surface area contributed by atoms with E-state index in [4.69, 9.17) is 9.47 Å². The molecule has 0 aromatic heterocycles. The number of Topliss-reactive ketones (excluding diaryl/α,β-unsaturated/α-hetero) is 1. The number of nitrogens with zero attached hydrogens (tertiary/aromatic N) is 1. The van der Waals surface area contributed by atoms with Crippen LogP contribution in [0.3, 0.4) is 0 Å². The van der Waals surface area contributed by atoms with Gasteiger partial charge in [-0.1, -0.05) is 27.2 Å². The predicted octanol–water partition coefficient (Wildman–Crippen LogP) is 2.90. The van der Waals surface area contributed by atoms with Crippen LogP contribution in [0.2, 0.25) is 0 Å². The summed E-state index contributed by atoms with van der Waals surface area (Å²) in [7, 11) is 0. The molecule has 0 atom stereocenters. The fourth-order valence-corrected chi connectivity index (χ4v) is 2.36. The van der Waals surface area contributed by atoms with Crippen LogP contribution in [0.5, 0.6) is 0 Å². The Labute approximate surface area is 130 Å². The lowest BCUT2D eigenvalue weighted by atomic mass is 9.88. The van der Waals surface area contributed by atoms with Crippen LogP contribution in [-0.4, -0.2) is 56.7 Å². The van der Waals surface area contributed by atoms with Crippen molar-refractivity contribution in [1.82, 2.24) is 4.90 Å². The number of carbonyl (C=O) groups is 1. The quantitative estimate of drug-likeness (QED) is 0.581. The molecule has 0 bridgehead atoms. The lowest BCUT2D eigenvalue weighted by Crippen LogP contribution is -2.37. The van der Waals surface area contributed by atoms with Crippen LogP contribution in [0, 0.1) is 5.41 Å². The van der Waals surface area contributed by atoms with Gasteiger partial charge in [-0.05, 0) is 19.3 Å². The van der Waals surface area contributed by atoms with Crippen LogP contribution in [0.15, 0.2) is 0 Å². The molecule has 4 nitrogen and oxygen atoms in total. The van der Waals surface area contributed by atoms with Gasteiger partial charge in [0.25, 0.3) is 0 Å². The Morgan fingerprint density at radius 3 is 2.38 bits per heavy atom. The maximum absolute atomic E-state index is 11.7. The summed E-state index contributed by atoms with van der Waals surface area (Å²) in [6.45, 7) is 12.6. The van der Waals surface area contributed by atoms with E-state index >= 15 is 0 Å². The zero-order valence-electron chi connectivity index (χ0n) is 14.2. The minimum absolute atomic E-state index is 0.185. The molecule has 0 saturated carbocycles. The van der Waals surface area contributed by atoms with Crippen LogP contribution in [-0.2, 0) is 14.3 Å². The summed E-state index contributed by atoms with van der Waals surface area (Å²) in [6, 6.07) is 0. The molecule has 1 rings (SSSR count). The third-order valence-corrected chi connectivity index (χ3v) is 3.90. The molecule has 1 heterocycles. The van der Waals surface area contributed by atoms with E-state index in [2.05, 4.69) is 4.90 Å². The fraction of sp³-hybridized carbons (Fsp3) is 0.941. The Bertz CT molecular complexity index is 280. The van der Waals surface area contributed by atoms with E-state index in [1.807, 2.05) is 20.8 Å². The molecule has 1 aliphatic rings. The van der Waals surface area contributed by atoms with Gasteiger partial charge in [-0.2, -0.15) is 0 Å². The summed E-state index contributed by atoms with van der Waals surface area (Å²) >= 11 is 0. The molecule has 0 amide bonds. The molecule has 0 radical (unpaired) electrons. The standard InChI is InChI=1S/C17H33NO3/c1-17(2,3)16(19)8-5-4-6-12-20-13-7-9-18-10-14-21-15-11-18/h4-15H2,1-3H3. The van der Waals surface area contributed by atoms with Gasteiger partial charge in [0.1, 0.15) is 5.78 Å². The minimum atomic E-state index is -0.185. The predicted molar refractivity (Wildman–Crippen MR) is 85.6 cm³/mol. The second-order valence-corrected chi connectivity index (χ2v) is 6.90. The molecule has 0 spiro atoms. The third kappa shape index (κ3) is 9.22. The Kier molecular flexibility index (Phi) is 9.13. The van der Waals surface area contributed by atoms with Crippen molar-refractivity contribution in [1.29, 1.82) is 0 Å². The summed E-state index contributed by atoms with van der Waals surface area (Å²) in [5.41, 5.74) is -0.185. The Hall–Kier alpha value is -0.450. The maximum atomic E-state index is 11.7. The average Bonchev–Trinajstić information content (AvgIpc) is 2.45. The highest BCUT2D eigenvalue weighted by Gasteiger charge is 2.19. The second kappa shape index (κ2) is 10.3. The highest BCUT2D eigenvalue weighted by molar-refractivity contribution is 5.83. The zero-order chi connectivity index (χ0) is 15.6. The van der Waals surface area contributed by atoms with Crippen molar-refractivity contribution in [2.45, 2.75) is 52.9 Å². The molecular weight excluding hydrogens is 266 g/mol. The summed E-state index contributed by atoms with van der Waals surface area (Å²) in [5.74, 6) is 0.369. The van der Waals surface area contributed by atoms with Gasteiger partial charge in [-0.3, -0.25) is 9.69 Å². The van der Waals surface area contributed by atoms with Crippen LogP contribution >= 0.6 is 0 Å². The molecule has 0 aromatic carbocycles. The number of rotatable bonds is 10. The smallest absolute Gasteiger partial charge is 0.138 e. The lowest BCUT2D eigenvalue weighted by Gasteiger charge is -2.26. The molecule has 0 aliphatic carbocycles. The SMILES string of the molecule is CC(C)(C)C(=O)CCCCCOCCCN1CCOCC1. The Balaban J connectivity index is 1.83. The van der Waals surface area contributed by atoms with Gasteiger partial charge in [0.05, 0.1) is 13.2 Å². The monoisotopic (exact) mass is 299 g/mol.